The van der Waals surface area contributed by atoms with Crippen molar-refractivity contribution in [3.63, 3.8) is 0 Å². The Bertz CT molecular complexity index is 1180. The summed E-state index contributed by atoms with van der Waals surface area (Å²) in [6, 6.07) is 22.2. The molecule has 0 aliphatic heterocycles. The quantitative estimate of drug-likeness (QED) is 0.0408. The highest BCUT2D eigenvalue weighted by Gasteiger charge is 2.11. The van der Waals surface area contributed by atoms with Crippen LogP contribution in [0.2, 0.25) is 0 Å². The first kappa shape index (κ1) is 36.6. The first-order valence-corrected chi connectivity index (χ1v) is 18.2. The molecule has 3 aromatic rings. The molecule has 45 heavy (non-hydrogen) atoms. The van der Waals surface area contributed by atoms with Crippen molar-refractivity contribution in [2.75, 3.05) is 18.5 Å². The topological polar surface area (TPSA) is 44.8 Å². The van der Waals surface area contributed by atoms with E-state index >= 15 is 0 Å². The lowest BCUT2D eigenvalue weighted by molar-refractivity contribution is 0.0734. The van der Waals surface area contributed by atoms with Crippen molar-refractivity contribution in [1.82, 2.24) is 0 Å². The average Bonchev–Trinajstić information content (AvgIpc) is 3.07. The van der Waals surface area contributed by atoms with E-state index in [9.17, 15) is 9.18 Å². The lowest BCUT2D eigenvalue weighted by Crippen LogP contribution is -2.13. The zero-order valence-electron chi connectivity index (χ0n) is 27.1. The highest BCUT2D eigenvalue weighted by Crippen LogP contribution is 2.24. The van der Waals surface area contributed by atoms with E-state index in [2.05, 4.69) is 22.9 Å². The van der Waals surface area contributed by atoms with Crippen molar-refractivity contribution in [3.05, 3.63) is 78.4 Å². The lowest BCUT2D eigenvalue weighted by atomic mass is 10.0. The van der Waals surface area contributed by atoms with Gasteiger partial charge in [0.1, 0.15) is 30.0 Å². The second kappa shape index (κ2) is 22.6. The minimum absolute atomic E-state index is 0.0337. The van der Waals surface area contributed by atoms with Crippen LogP contribution in [0.3, 0.4) is 0 Å². The van der Waals surface area contributed by atoms with E-state index in [0.717, 1.165) is 60.9 Å². The van der Waals surface area contributed by atoms with Crippen LogP contribution in [0.15, 0.2) is 72.8 Å². The molecule has 0 bridgehead atoms. The number of ether oxygens (including phenoxy) is 3. The average molecular weight is 684 g/mol. The summed E-state index contributed by atoms with van der Waals surface area (Å²) >= 11 is 3.49. The summed E-state index contributed by atoms with van der Waals surface area (Å²) in [4.78, 5) is 12.7. The Kier molecular flexibility index (Phi) is 18.4. The third kappa shape index (κ3) is 15.3. The number of unbranched alkanes of at least 4 members (excludes halogenated alkanes) is 12. The normalized spacial score (nSPS) is 11.7. The van der Waals surface area contributed by atoms with Crippen molar-refractivity contribution in [1.29, 1.82) is 0 Å². The molecule has 0 fully saturated rings. The molecule has 4 nitrogen and oxygen atoms in total. The summed E-state index contributed by atoms with van der Waals surface area (Å²) in [6.07, 6.45) is 16.8. The molecule has 1 atom stereocenters. The molecule has 0 aliphatic rings. The van der Waals surface area contributed by atoms with Gasteiger partial charge in [-0.25, -0.2) is 9.18 Å². The predicted molar refractivity (Wildman–Crippen MR) is 188 cm³/mol. The van der Waals surface area contributed by atoms with E-state index in [1.807, 2.05) is 36.4 Å². The number of esters is 1. The van der Waals surface area contributed by atoms with Gasteiger partial charge in [0.05, 0.1) is 12.2 Å². The molecule has 6 heteroatoms. The largest absolute Gasteiger partial charge is 0.494 e. The van der Waals surface area contributed by atoms with E-state index in [1.165, 1.54) is 57.8 Å². The van der Waals surface area contributed by atoms with Gasteiger partial charge in [-0.1, -0.05) is 124 Å². The molecule has 0 amide bonds. The van der Waals surface area contributed by atoms with Gasteiger partial charge in [0.25, 0.3) is 0 Å². The standard InChI is InChI=1S/C39H52BrFO4/c1-2-3-4-13-16-35(41)31-44-37-25-27-38(28-26-37)45-39(42)34-19-17-32(18-20-34)33-21-23-36(24-22-33)43-30-15-12-10-8-6-5-7-9-11-14-29-40/h17-28,35H,2-16,29-31H2,1H3. The minimum Gasteiger partial charge on any atom is -0.494 e. The number of hydrogen-bond acceptors (Lipinski definition) is 4. The Morgan fingerprint density at radius 1 is 0.622 bits per heavy atom. The molecule has 1 unspecified atom stereocenters. The first-order chi connectivity index (χ1) is 22.1. The van der Waals surface area contributed by atoms with Crippen molar-refractivity contribution in [2.45, 2.75) is 109 Å². The minimum atomic E-state index is -0.975. The fraction of sp³-hybridized carbons (Fsp3) is 0.513. The molecule has 0 heterocycles. The number of carbonyl (C=O) groups excluding carboxylic acids is 1. The van der Waals surface area contributed by atoms with Crippen LogP contribution >= 0.6 is 15.9 Å². The molecular formula is C39H52BrFO4. The summed E-state index contributed by atoms with van der Waals surface area (Å²) < 4.78 is 31.1. The van der Waals surface area contributed by atoms with Gasteiger partial charge in [-0.05, 0) is 78.9 Å². The fourth-order valence-electron chi connectivity index (χ4n) is 5.18. The summed E-state index contributed by atoms with van der Waals surface area (Å²) in [5, 5.41) is 1.13. The Morgan fingerprint density at radius 3 is 1.71 bits per heavy atom. The molecule has 0 saturated carbocycles. The molecule has 0 radical (unpaired) electrons. The molecule has 3 aromatic carbocycles. The zero-order chi connectivity index (χ0) is 32.0. The maximum atomic E-state index is 14.0. The van der Waals surface area contributed by atoms with Gasteiger partial charge in [-0.15, -0.1) is 0 Å². The van der Waals surface area contributed by atoms with Crippen molar-refractivity contribution < 1.29 is 23.4 Å². The summed E-state index contributed by atoms with van der Waals surface area (Å²) in [5.74, 6) is 1.41. The zero-order valence-corrected chi connectivity index (χ0v) is 28.7. The third-order valence-electron chi connectivity index (χ3n) is 7.94. The van der Waals surface area contributed by atoms with Crippen LogP contribution in [0.1, 0.15) is 114 Å². The SMILES string of the molecule is CCCCCCC(F)COc1ccc(OC(=O)c2ccc(-c3ccc(OCCCCCCCCCCCCBr)cc3)cc2)cc1. The van der Waals surface area contributed by atoms with Crippen LogP contribution in [-0.4, -0.2) is 30.7 Å². The van der Waals surface area contributed by atoms with E-state index in [-0.39, 0.29) is 6.61 Å². The molecule has 0 aromatic heterocycles. The summed E-state index contributed by atoms with van der Waals surface area (Å²) in [6.45, 7) is 2.92. The van der Waals surface area contributed by atoms with Crippen LogP contribution in [0.25, 0.3) is 11.1 Å². The second-order valence-electron chi connectivity index (χ2n) is 11.8. The van der Waals surface area contributed by atoms with Crippen LogP contribution < -0.4 is 14.2 Å². The predicted octanol–water partition coefficient (Wildman–Crippen LogP) is 11.9. The van der Waals surface area contributed by atoms with Crippen LogP contribution in [0.4, 0.5) is 4.39 Å². The van der Waals surface area contributed by atoms with Crippen LogP contribution in [0, 0.1) is 0 Å². The Morgan fingerprint density at radius 2 is 1.11 bits per heavy atom. The van der Waals surface area contributed by atoms with Crippen LogP contribution in [-0.2, 0) is 0 Å². The summed E-state index contributed by atoms with van der Waals surface area (Å²) in [7, 11) is 0. The van der Waals surface area contributed by atoms with Gasteiger partial charge in [0, 0.05) is 5.33 Å². The molecule has 0 aliphatic carbocycles. The van der Waals surface area contributed by atoms with Crippen molar-refractivity contribution in [2.24, 2.45) is 0 Å². The first-order valence-electron chi connectivity index (χ1n) is 17.1. The monoisotopic (exact) mass is 682 g/mol. The number of benzene rings is 3. The molecule has 0 saturated heterocycles. The van der Waals surface area contributed by atoms with Gasteiger partial charge in [-0.2, -0.15) is 0 Å². The maximum Gasteiger partial charge on any atom is 0.343 e. The van der Waals surface area contributed by atoms with E-state index in [0.29, 0.717) is 23.5 Å². The highest BCUT2D eigenvalue weighted by molar-refractivity contribution is 9.09. The second-order valence-corrected chi connectivity index (χ2v) is 12.6. The highest BCUT2D eigenvalue weighted by atomic mass is 79.9. The Hall–Kier alpha value is -2.86. The van der Waals surface area contributed by atoms with E-state index < -0.39 is 12.1 Å². The maximum absolute atomic E-state index is 14.0. The van der Waals surface area contributed by atoms with E-state index in [4.69, 9.17) is 14.2 Å². The van der Waals surface area contributed by atoms with Gasteiger partial charge >= 0.3 is 5.97 Å². The Labute approximate surface area is 279 Å². The lowest BCUT2D eigenvalue weighted by Gasteiger charge is -2.11. The molecule has 0 N–H and O–H groups in total. The van der Waals surface area contributed by atoms with Gasteiger partial charge < -0.3 is 14.2 Å². The number of carbonyl (C=O) groups is 1. The van der Waals surface area contributed by atoms with Gasteiger partial charge in [-0.3, -0.25) is 0 Å². The number of hydrogen-bond donors (Lipinski definition) is 0. The summed E-state index contributed by atoms with van der Waals surface area (Å²) in [5.41, 5.74) is 2.54. The number of rotatable bonds is 24. The van der Waals surface area contributed by atoms with E-state index in [1.54, 1.807) is 36.4 Å². The third-order valence-corrected chi connectivity index (χ3v) is 8.50. The number of halogens is 2. The Balaban J connectivity index is 1.32. The van der Waals surface area contributed by atoms with Crippen molar-refractivity contribution >= 4 is 21.9 Å². The van der Waals surface area contributed by atoms with Gasteiger partial charge in [0.15, 0.2) is 0 Å². The smallest absolute Gasteiger partial charge is 0.343 e. The number of alkyl halides is 2. The molecular weight excluding hydrogens is 631 g/mol. The van der Waals surface area contributed by atoms with Crippen LogP contribution in [0.5, 0.6) is 17.2 Å². The molecule has 0 spiro atoms. The van der Waals surface area contributed by atoms with Gasteiger partial charge in [0.2, 0.25) is 0 Å². The molecule has 3 rings (SSSR count). The molecule has 246 valence electrons. The van der Waals surface area contributed by atoms with Crippen molar-refractivity contribution in [3.8, 4) is 28.4 Å². The fourth-order valence-corrected chi connectivity index (χ4v) is 5.57.